The first-order chi connectivity index (χ1) is 17.5. The first-order valence-corrected chi connectivity index (χ1v) is 12.7. The van der Waals surface area contributed by atoms with Crippen LogP contribution in [-0.2, 0) is 17.8 Å². The fraction of sp³-hybridized carbons (Fsp3) is 0.310. The molecule has 0 radical (unpaired) electrons. The first-order valence-electron chi connectivity index (χ1n) is 12.3. The van der Waals surface area contributed by atoms with Gasteiger partial charge < -0.3 is 14.5 Å². The highest BCUT2D eigenvalue weighted by atomic mass is 35.5. The van der Waals surface area contributed by atoms with Gasteiger partial charge in [-0.3, -0.25) is 14.9 Å². The van der Waals surface area contributed by atoms with Crippen molar-refractivity contribution in [2.75, 3.05) is 20.2 Å². The van der Waals surface area contributed by atoms with Crippen LogP contribution in [0.1, 0.15) is 34.3 Å². The van der Waals surface area contributed by atoms with Crippen molar-refractivity contribution in [3.63, 3.8) is 0 Å². The lowest BCUT2D eigenvalue weighted by atomic mass is 9.94. The van der Waals surface area contributed by atoms with Gasteiger partial charge in [-0.1, -0.05) is 54.1 Å². The number of nitrogens with one attached hydrogen (secondary N) is 1. The highest BCUT2D eigenvalue weighted by Crippen LogP contribution is 2.35. The predicted octanol–water partition coefficient (Wildman–Crippen LogP) is 4.52. The lowest BCUT2D eigenvalue weighted by Crippen LogP contribution is -2.59. The van der Waals surface area contributed by atoms with Gasteiger partial charge >= 0.3 is 0 Å². The average molecular weight is 504 g/mol. The van der Waals surface area contributed by atoms with E-state index in [0.717, 1.165) is 16.9 Å². The molecule has 7 heteroatoms. The number of likely N-dealkylation sites (tertiary alicyclic amines) is 1. The molecule has 2 fully saturated rings. The topological polar surface area (TPSA) is 61.9 Å². The molecule has 2 heterocycles. The molecule has 0 unspecified atom stereocenters. The summed E-state index contributed by atoms with van der Waals surface area (Å²) in [5.74, 6) is 0.885. The van der Waals surface area contributed by atoms with Crippen LogP contribution in [0.15, 0.2) is 78.9 Å². The van der Waals surface area contributed by atoms with Crippen LogP contribution in [0.3, 0.4) is 0 Å². The Morgan fingerprint density at radius 3 is 2.28 bits per heavy atom. The number of nitrogens with zero attached hydrogens (tertiary/aromatic N) is 2. The summed E-state index contributed by atoms with van der Waals surface area (Å²) in [6.07, 6.45) is 1.97. The molecular weight excluding hydrogens is 474 g/mol. The number of carbonyl (C=O) groups is 2. The first kappa shape index (κ1) is 24.3. The van der Waals surface area contributed by atoms with E-state index < -0.39 is 5.66 Å². The third-order valence-electron chi connectivity index (χ3n) is 7.28. The van der Waals surface area contributed by atoms with E-state index in [1.54, 1.807) is 31.4 Å². The van der Waals surface area contributed by atoms with Crippen LogP contribution in [0.25, 0.3) is 0 Å². The Morgan fingerprint density at radius 2 is 1.64 bits per heavy atom. The predicted molar refractivity (Wildman–Crippen MR) is 140 cm³/mol. The molecule has 0 saturated carbocycles. The molecule has 1 spiro atoms. The van der Waals surface area contributed by atoms with Crippen molar-refractivity contribution >= 4 is 23.4 Å². The Kier molecular flexibility index (Phi) is 6.99. The number of rotatable bonds is 6. The summed E-state index contributed by atoms with van der Waals surface area (Å²) in [5, 5.41) is 4.31. The quantitative estimate of drug-likeness (QED) is 0.537. The maximum atomic E-state index is 13.7. The second kappa shape index (κ2) is 10.3. The molecule has 5 rings (SSSR count). The van der Waals surface area contributed by atoms with Gasteiger partial charge in [0, 0.05) is 43.1 Å². The van der Waals surface area contributed by atoms with Crippen LogP contribution >= 0.6 is 11.6 Å². The molecule has 0 aromatic heterocycles. The minimum Gasteiger partial charge on any atom is -0.497 e. The molecule has 1 atom stereocenters. The molecule has 3 aromatic carbocycles. The number of amides is 2. The van der Waals surface area contributed by atoms with Crippen LogP contribution in [0.4, 0.5) is 0 Å². The standard InChI is InChI=1S/C29H30ClN3O3/c1-36-25-13-7-22(8-14-25)20-33-28(35)26(19-21-5-3-2-4-6-21)31-29(33)15-17-32(18-16-29)27(34)23-9-11-24(30)12-10-23/h2-14,26,31H,15-20H2,1H3/t26-/m1/s1. The number of benzene rings is 3. The summed E-state index contributed by atoms with van der Waals surface area (Å²) in [5.41, 5.74) is 2.31. The number of piperidine rings is 1. The van der Waals surface area contributed by atoms with E-state index in [9.17, 15) is 9.59 Å². The van der Waals surface area contributed by atoms with Gasteiger partial charge in [-0.2, -0.15) is 0 Å². The monoisotopic (exact) mass is 503 g/mol. The molecule has 3 aromatic rings. The largest absolute Gasteiger partial charge is 0.497 e. The molecule has 2 amide bonds. The summed E-state index contributed by atoms with van der Waals surface area (Å²) in [6, 6.07) is 24.6. The van der Waals surface area contributed by atoms with E-state index in [2.05, 4.69) is 17.4 Å². The van der Waals surface area contributed by atoms with E-state index in [1.807, 2.05) is 52.3 Å². The molecule has 1 N–H and O–H groups in total. The normalized spacial score (nSPS) is 19.1. The molecule has 186 valence electrons. The minimum absolute atomic E-state index is 0.00613. The van der Waals surface area contributed by atoms with E-state index in [1.165, 1.54) is 0 Å². The SMILES string of the molecule is COc1ccc(CN2C(=O)[C@@H](Cc3ccccc3)NC23CCN(C(=O)c2ccc(Cl)cc2)CC3)cc1. The van der Waals surface area contributed by atoms with E-state index in [0.29, 0.717) is 49.5 Å². The molecule has 6 nitrogen and oxygen atoms in total. The van der Waals surface area contributed by atoms with Gasteiger partial charge in [0.2, 0.25) is 5.91 Å². The smallest absolute Gasteiger partial charge is 0.253 e. The molecule has 0 bridgehead atoms. The van der Waals surface area contributed by atoms with Crippen molar-refractivity contribution in [2.24, 2.45) is 0 Å². The zero-order valence-electron chi connectivity index (χ0n) is 20.3. The molecule has 0 aliphatic carbocycles. The number of hydrogen-bond donors (Lipinski definition) is 1. The van der Waals surface area contributed by atoms with Crippen LogP contribution in [0, 0.1) is 0 Å². The average Bonchev–Trinajstić information content (AvgIpc) is 3.15. The van der Waals surface area contributed by atoms with Gasteiger partial charge in [0.1, 0.15) is 5.75 Å². The van der Waals surface area contributed by atoms with Crippen molar-refractivity contribution < 1.29 is 14.3 Å². The Balaban J connectivity index is 1.36. The fourth-order valence-corrected chi connectivity index (χ4v) is 5.39. The Labute approximate surface area is 216 Å². The summed E-state index contributed by atoms with van der Waals surface area (Å²) >= 11 is 5.99. The Bertz CT molecular complexity index is 1210. The van der Waals surface area contributed by atoms with Crippen molar-refractivity contribution in [3.05, 3.63) is 101 Å². The van der Waals surface area contributed by atoms with Crippen molar-refractivity contribution in [3.8, 4) is 5.75 Å². The van der Waals surface area contributed by atoms with E-state index in [-0.39, 0.29) is 17.9 Å². The number of halogens is 1. The van der Waals surface area contributed by atoms with Gasteiger partial charge in [-0.05, 0) is 53.9 Å². The van der Waals surface area contributed by atoms with Gasteiger partial charge in [-0.15, -0.1) is 0 Å². The third-order valence-corrected chi connectivity index (χ3v) is 7.53. The van der Waals surface area contributed by atoms with Crippen molar-refractivity contribution in [1.29, 1.82) is 0 Å². The summed E-state index contributed by atoms with van der Waals surface area (Å²) < 4.78 is 5.29. The van der Waals surface area contributed by atoms with Gasteiger partial charge in [0.25, 0.3) is 5.91 Å². The number of ether oxygens (including phenoxy) is 1. The summed E-state index contributed by atoms with van der Waals surface area (Å²) in [4.78, 5) is 30.7. The van der Waals surface area contributed by atoms with Crippen molar-refractivity contribution in [2.45, 2.75) is 37.5 Å². The molecular formula is C29H30ClN3O3. The number of carbonyl (C=O) groups excluding carboxylic acids is 2. The Hall–Kier alpha value is -3.35. The zero-order valence-corrected chi connectivity index (χ0v) is 21.1. The maximum Gasteiger partial charge on any atom is 0.253 e. The minimum atomic E-state index is -0.493. The highest BCUT2D eigenvalue weighted by molar-refractivity contribution is 6.30. The van der Waals surface area contributed by atoms with Gasteiger partial charge in [-0.25, -0.2) is 0 Å². The van der Waals surface area contributed by atoms with E-state index >= 15 is 0 Å². The van der Waals surface area contributed by atoms with Crippen LogP contribution in [0.5, 0.6) is 5.75 Å². The number of hydrogen-bond acceptors (Lipinski definition) is 4. The number of methoxy groups -OCH3 is 1. The third kappa shape index (κ3) is 4.97. The summed E-state index contributed by atoms with van der Waals surface area (Å²) in [6.45, 7) is 1.64. The molecule has 2 saturated heterocycles. The molecule has 36 heavy (non-hydrogen) atoms. The zero-order chi connectivity index (χ0) is 25.1. The fourth-order valence-electron chi connectivity index (χ4n) is 5.26. The Morgan fingerprint density at radius 1 is 0.972 bits per heavy atom. The van der Waals surface area contributed by atoms with Crippen LogP contribution < -0.4 is 10.1 Å². The van der Waals surface area contributed by atoms with E-state index in [4.69, 9.17) is 16.3 Å². The van der Waals surface area contributed by atoms with Gasteiger partial charge in [0.15, 0.2) is 0 Å². The lowest BCUT2D eigenvalue weighted by Gasteiger charge is -2.44. The van der Waals surface area contributed by atoms with Gasteiger partial charge in [0.05, 0.1) is 18.8 Å². The summed E-state index contributed by atoms with van der Waals surface area (Å²) in [7, 11) is 1.64. The van der Waals surface area contributed by atoms with Crippen molar-refractivity contribution in [1.82, 2.24) is 15.1 Å². The second-order valence-electron chi connectivity index (χ2n) is 9.49. The maximum absolute atomic E-state index is 13.7. The second-order valence-corrected chi connectivity index (χ2v) is 9.93. The van der Waals surface area contributed by atoms with Crippen LogP contribution in [-0.4, -0.2) is 53.5 Å². The molecule has 2 aliphatic heterocycles. The molecule has 2 aliphatic rings. The van der Waals surface area contributed by atoms with Crippen LogP contribution in [0.2, 0.25) is 5.02 Å². The highest BCUT2D eigenvalue weighted by Gasteiger charge is 2.51. The lowest BCUT2D eigenvalue weighted by molar-refractivity contribution is -0.134.